The summed E-state index contributed by atoms with van der Waals surface area (Å²) in [5.41, 5.74) is 2.73. The highest BCUT2D eigenvalue weighted by atomic mass is 16.2. The summed E-state index contributed by atoms with van der Waals surface area (Å²) in [5.74, 6) is 0.534. The minimum Gasteiger partial charge on any atom is -0.356 e. The van der Waals surface area contributed by atoms with Crippen LogP contribution in [0.3, 0.4) is 0 Å². The number of carbonyl (C=O) groups is 2. The number of benzene rings is 1. The Morgan fingerprint density at radius 2 is 1.93 bits per heavy atom. The van der Waals surface area contributed by atoms with Gasteiger partial charge in [0.1, 0.15) is 0 Å². The molecule has 1 aromatic carbocycles. The number of pyridine rings is 1. The molecule has 0 spiro atoms. The highest BCUT2D eigenvalue weighted by Gasteiger charge is 2.43. The minimum absolute atomic E-state index is 0.0587. The smallest absolute Gasteiger partial charge is 0.228 e. The van der Waals surface area contributed by atoms with E-state index in [9.17, 15) is 9.59 Å². The number of carbonyl (C=O) groups excluding carboxylic acids is 2. The van der Waals surface area contributed by atoms with Crippen LogP contribution in [0.2, 0.25) is 0 Å². The fourth-order valence-corrected chi connectivity index (χ4v) is 4.32. The lowest BCUT2D eigenvalue weighted by Gasteiger charge is -2.42. The Hall–Kier alpha value is -2.69. The summed E-state index contributed by atoms with van der Waals surface area (Å²) in [6.45, 7) is 7.89. The molecule has 2 amide bonds. The van der Waals surface area contributed by atoms with E-state index >= 15 is 0 Å². The molecule has 0 saturated carbocycles. The average molecular weight is 408 g/mol. The maximum absolute atomic E-state index is 13.1. The van der Waals surface area contributed by atoms with Gasteiger partial charge in [0, 0.05) is 38.4 Å². The SMILES string of the molecule is CCNC(=O)C1(Cc2ccc(-c3cccnc3)cc2)CCCN(C(=O)CC(C)C)C1. The Labute approximate surface area is 179 Å². The highest BCUT2D eigenvalue weighted by Crippen LogP contribution is 2.35. The molecule has 2 aromatic rings. The van der Waals surface area contributed by atoms with E-state index in [1.807, 2.05) is 30.2 Å². The first-order chi connectivity index (χ1) is 14.4. The molecule has 1 fully saturated rings. The van der Waals surface area contributed by atoms with Crippen molar-refractivity contribution in [2.75, 3.05) is 19.6 Å². The Balaban J connectivity index is 1.81. The molecule has 1 atom stereocenters. The third kappa shape index (κ3) is 5.26. The number of hydrogen-bond acceptors (Lipinski definition) is 3. The molecule has 3 rings (SSSR count). The lowest BCUT2D eigenvalue weighted by atomic mass is 9.74. The first-order valence-electron chi connectivity index (χ1n) is 11.0. The fraction of sp³-hybridized carbons (Fsp3) is 0.480. The van der Waals surface area contributed by atoms with Gasteiger partial charge in [-0.25, -0.2) is 0 Å². The molecule has 1 N–H and O–H groups in total. The molecule has 30 heavy (non-hydrogen) atoms. The molecule has 1 aromatic heterocycles. The van der Waals surface area contributed by atoms with Crippen LogP contribution in [0.5, 0.6) is 0 Å². The van der Waals surface area contributed by atoms with Crippen LogP contribution in [0.15, 0.2) is 48.8 Å². The van der Waals surface area contributed by atoms with E-state index in [4.69, 9.17) is 0 Å². The molecule has 5 heteroatoms. The standard InChI is InChI=1S/C25H33N3O2/c1-4-27-24(30)25(12-6-14-28(18-25)23(29)15-19(2)3)16-20-8-10-21(11-9-20)22-7-5-13-26-17-22/h5,7-11,13,17,19H,4,6,12,14-16,18H2,1-3H3,(H,27,30). The summed E-state index contributed by atoms with van der Waals surface area (Å²) in [6.07, 6.45) is 6.44. The number of likely N-dealkylation sites (tertiary alicyclic amines) is 1. The molecular weight excluding hydrogens is 374 g/mol. The van der Waals surface area contributed by atoms with Crippen LogP contribution in [-0.4, -0.2) is 41.3 Å². The Morgan fingerprint density at radius 1 is 1.17 bits per heavy atom. The maximum Gasteiger partial charge on any atom is 0.228 e. The number of piperidine rings is 1. The Kier molecular flexibility index (Phi) is 7.24. The summed E-state index contributed by atoms with van der Waals surface area (Å²) in [4.78, 5) is 32.0. The van der Waals surface area contributed by atoms with Gasteiger partial charge in [-0.05, 0) is 54.9 Å². The van der Waals surface area contributed by atoms with E-state index in [0.717, 1.165) is 36.1 Å². The summed E-state index contributed by atoms with van der Waals surface area (Å²) < 4.78 is 0. The first-order valence-corrected chi connectivity index (χ1v) is 11.0. The second kappa shape index (κ2) is 9.88. The molecule has 1 aliphatic heterocycles. The molecule has 0 bridgehead atoms. The second-order valence-corrected chi connectivity index (χ2v) is 8.77. The van der Waals surface area contributed by atoms with Crippen molar-refractivity contribution in [2.45, 2.75) is 46.5 Å². The van der Waals surface area contributed by atoms with Gasteiger partial charge in [0.25, 0.3) is 0 Å². The molecule has 0 aliphatic carbocycles. The van der Waals surface area contributed by atoms with Crippen molar-refractivity contribution in [1.82, 2.24) is 15.2 Å². The van der Waals surface area contributed by atoms with Crippen LogP contribution in [0, 0.1) is 11.3 Å². The topological polar surface area (TPSA) is 62.3 Å². The van der Waals surface area contributed by atoms with Gasteiger partial charge < -0.3 is 10.2 Å². The van der Waals surface area contributed by atoms with Crippen LogP contribution >= 0.6 is 0 Å². The third-order valence-corrected chi connectivity index (χ3v) is 5.82. The van der Waals surface area contributed by atoms with Crippen LogP contribution in [-0.2, 0) is 16.0 Å². The molecule has 1 aliphatic rings. The number of nitrogens with one attached hydrogen (secondary N) is 1. The van der Waals surface area contributed by atoms with Crippen LogP contribution in [0.4, 0.5) is 0 Å². The van der Waals surface area contributed by atoms with Gasteiger partial charge >= 0.3 is 0 Å². The minimum atomic E-state index is -0.573. The Morgan fingerprint density at radius 3 is 2.57 bits per heavy atom. The van der Waals surface area contributed by atoms with E-state index in [1.165, 1.54) is 0 Å². The van der Waals surface area contributed by atoms with E-state index in [1.54, 1.807) is 6.20 Å². The monoisotopic (exact) mass is 407 g/mol. The number of nitrogens with zero attached hydrogens (tertiary/aromatic N) is 2. The molecule has 2 heterocycles. The van der Waals surface area contributed by atoms with Crippen molar-refractivity contribution < 1.29 is 9.59 Å². The predicted molar refractivity (Wildman–Crippen MR) is 120 cm³/mol. The van der Waals surface area contributed by atoms with Gasteiger partial charge in [0.15, 0.2) is 0 Å². The molecular formula is C25H33N3O2. The number of hydrogen-bond donors (Lipinski definition) is 1. The van der Waals surface area contributed by atoms with Gasteiger partial charge in [-0.15, -0.1) is 0 Å². The van der Waals surface area contributed by atoms with Crippen molar-refractivity contribution in [2.24, 2.45) is 11.3 Å². The lowest BCUT2D eigenvalue weighted by molar-refractivity contribution is -0.142. The van der Waals surface area contributed by atoms with Crippen molar-refractivity contribution >= 4 is 11.8 Å². The van der Waals surface area contributed by atoms with Gasteiger partial charge in [-0.1, -0.05) is 44.2 Å². The van der Waals surface area contributed by atoms with Gasteiger partial charge in [0.2, 0.25) is 11.8 Å². The first kappa shape index (κ1) is 22.0. The average Bonchev–Trinajstić information content (AvgIpc) is 2.75. The van der Waals surface area contributed by atoms with E-state index in [0.29, 0.717) is 31.8 Å². The molecule has 160 valence electrons. The van der Waals surface area contributed by atoms with Crippen LogP contribution in [0.25, 0.3) is 11.1 Å². The zero-order valence-electron chi connectivity index (χ0n) is 18.4. The Bertz CT molecular complexity index is 848. The second-order valence-electron chi connectivity index (χ2n) is 8.77. The van der Waals surface area contributed by atoms with E-state index < -0.39 is 5.41 Å². The van der Waals surface area contributed by atoms with Crippen LogP contribution in [0.1, 0.15) is 45.6 Å². The van der Waals surface area contributed by atoms with Gasteiger partial charge in [-0.2, -0.15) is 0 Å². The molecule has 5 nitrogen and oxygen atoms in total. The normalized spacial score (nSPS) is 19.0. The molecule has 1 saturated heterocycles. The molecule has 1 unspecified atom stereocenters. The van der Waals surface area contributed by atoms with Crippen LogP contribution < -0.4 is 5.32 Å². The summed E-state index contributed by atoms with van der Waals surface area (Å²) >= 11 is 0. The fourth-order valence-electron chi connectivity index (χ4n) is 4.32. The number of rotatable bonds is 7. The summed E-state index contributed by atoms with van der Waals surface area (Å²) in [6, 6.07) is 12.3. The van der Waals surface area contributed by atoms with Gasteiger partial charge in [0.05, 0.1) is 5.41 Å². The number of amides is 2. The highest BCUT2D eigenvalue weighted by molar-refractivity contribution is 5.85. The summed E-state index contributed by atoms with van der Waals surface area (Å²) in [7, 11) is 0. The lowest BCUT2D eigenvalue weighted by Crippen LogP contribution is -2.54. The predicted octanol–water partition coefficient (Wildman–Crippen LogP) is 4.08. The quantitative estimate of drug-likeness (QED) is 0.752. The van der Waals surface area contributed by atoms with Crippen molar-refractivity contribution in [1.29, 1.82) is 0 Å². The van der Waals surface area contributed by atoms with Crippen molar-refractivity contribution in [3.8, 4) is 11.1 Å². The number of aromatic nitrogens is 1. The zero-order chi connectivity index (χ0) is 21.6. The van der Waals surface area contributed by atoms with Gasteiger partial charge in [-0.3, -0.25) is 14.6 Å². The van der Waals surface area contributed by atoms with Crippen molar-refractivity contribution in [3.05, 3.63) is 54.4 Å². The third-order valence-electron chi connectivity index (χ3n) is 5.82. The van der Waals surface area contributed by atoms with Crippen molar-refractivity contribution in [3.63, 3.8) is 0 Å². The largest absolute Gasteiger partial charge is 0.356 e. The maximum atomic E-state index is 13.1. The van der Waals surface area contributed by atoms with E-state index in [2.05, 4.69) is 48.4 Å². The zero-order valence-corrected chi connectivity index (χ0v) is 18.4. The summed E-state index contributed by atoms with van der Waals surface area (Å²) in [5, 5.41) is 3.03. The van der Waals surface area contributed by atoms with E-state index in [-0.39, 0.29) is 11.8 Å². The molecule has 0 radical (unpaired) electrons.